The van der Waals surface area contributed by atoms with Crippen LogP contribution < -0.4 is 24.2 Å². The maximum absolute atomic E-state index is 15.3. The number of ether oxygens (including phenoxy) is 3. The molecule has 4 amide bonds. The number of amides is 4. The Kier molecular flexibility index (Phi) is 9.59. The molecule has 1 saturated heterocycles. The first-order valence-electron chi connectivity index (χ1n) is 20.9. The number of carboxylic acid groups (broad SMARTS) is 1. The summed E-state index contributed by atoms with van der Waals surface area (Å²) in [6.07, 6.45) is 9.11. The highest BCUT2D eigenvalue weighted by Crippen LogP contribution is 2.54. The van der Waals surface area contributed by atoms with Gasteiger partial charge in [0.15, 0.2) is 11.5 Å². The number of hydrogen-bond donors (Lipinski definition) is 3. The van der Waals surface area contributed by atoms with Crippen molar-refractivity contribution in [2.75, 3.05) is 19.8 Å². The quantitative estimate of drug-likeness (QED) is 0.336. The lowest BCUT2D eigenvalue weighted by atomic mass is 9.86. The summed E-state index contributed by atoms with van der Waals surface area (Å²) < 4.78 is 46.1. The molecule has 0 spiro atoms. The normalized spacial score (nSPS) is 35.6. The second-order valence-corrected chi connectivity index (χ2v) is 20.5. The first-order valence-corrected chi connectivity index (χ1v) is 22.4. The summed E-state index contributed by atoms with van der Waals surface area (Å²) in [4.78, 5) is 64.6. The van der Waals surface area contributed by atoms with Gasteiger partial charge in [-0.3, -0.25) is 24.0 Å². The van der Waals surface area contributed by atoms with E-state index in [9.17, 15) is 27.9 Å². The number of hydrogen-bond acceptors (Lipinski definition) is 10. The van der Waals surface area contributed by atoms with Gasteiger partial charge in [-0.15, -0.1) is 0 Å². The molecule has 4 heterocycles. The monoisotopic (exact) mass is 819 g/mol. The number of rotatable bonds is 7. The third kappa shape index (κ3) is 6.92. The lowest BCUT2D eigenvalue weighted by Gasteiger charge is -2.40. The molecule has 3 aliphatic heterocycles. The topological polar surface area (TPSA) is 194 Å². The fourth-order valence-electron chi connectivity index (χ4n) is 10.2. The fraction of sp³-hybridized carbons (Fsp3) is 0.643. The van der Waals surface area contributed by atoms with Crippen LogP contribution in [0, 0.1) is 29.6 Å². The molecule has 1 aromatic heterocycles. The van der Waals surface area contributed by atoms with Gasteiger partial charge in [-0.05, 0) is 107 Å². The number of carbonyl (C=O) groups is 4. The van der Waals surface area contributed by atoms with Crippen molar-refractivity contribution in [3.8, 4) is 17.4 Å². The molecule has 10 atom stereocenters. The van der Waals surface area contributed by atoms with Crippen LogP contribution in [0.25, 0.3) is 10.8 Å². The molecule has 1 aromatic carbocycles. The van der Waals surface area contributed by atoms with Gasteiger partial charge in [-0.1, -0.05) is 26.0 Å². The smallest absolute Gasteiger partial charge is 0.408 e. The summed E-state index contributed by atoms with van der Waals surface area (Å²) >= 11 is 0. The van der Waals surface area contributed by atoms with Crippen molar-refractivity contribution in [1.29, 1.82) is 0 Å². The van der Waals surface area contributed by atoms with E-state index in [1.807, 2.05) is 25.1 Å². The molecule has 2 aromatic rings. The highest BCUT2D eigenvalue weighted by Gasteiger charge is 2.63. The van der Waals surface area contributed by atoms with Crippen LogP contribution in [0.15, 0.2) is 36.5 Å². The number of sulfonamides is 1. The van der Waals surface area contributed by atoms with E-state index in [1.165, 1.54) is 9.80 Å². The van der Waals surface area contributed by atoms with Crippen molar-refractivity contribution < 1.29 is 46.9 Å². The second-order valence-electron chi connectivity index (χ2n) is 18.3. The largest absolute Gasteiger partial charge is 0.486 e. The van der Waals surface area contributed by atoms with Gasteiger partial charge in [-0.2, -0.15) is 0 Å². The summed E-state index contributed by atoms with van der Waals surface area (Å²) in [7, 11) is -4.02. The molecule has 7 aliphatic rings. The number of allylic oxidation sites excluding steroid dienone is 1. The van der Waals surface area contributed by atoms with Gasteiger partial charge >= 0.3 is 6.09 Å². The molecule has 0 bridgehead atoms. The Bertz CT molecular complexity index is 2170. The molecule has 58 heavy (non-hydrogen) atoms. The van der Waals surface area contributed by atoms with Crippen LogP contribution in [0.4, 0.5) is 4.79 Å². The predicted octanol–water partition coefficient (Wildman–Crippen LogP) is 4.39. The van der Waals surface area contributed by atoms with Crippen LogP contribution in [0.1, 0.15) is 85.0 Å². The van der Waals surface area contributed by atoms with Gasteiger partial charge < -0.3 is 29.5 Å². The molecule has 312 valence electrons. The molecule has 16 heteroatoms. The summed E-state index contributed by atoms with van der Waals surface area (Å²) in [6, 6.07) is 2.88. The first kappa shape index (κ1) is 38.9. The zero-order valence-electron chi connectivity index (χ0n) is 33.2. The third-order valence-corrected chi connectivity index (χ3v) is 16.2. The SMILES string of the molecule is C[C@H]1CC/C=C\[C@@H]2C[C@@]2(C(=O)NS(=O)(=O)C2(C)CC2)NC(=O)[C@@H]2C[C@@H](Oc3nccc4c5c(ccc34)OCCO5)CN2C(=O)[C@@H](N(C(=O)O)[C@@H]2C[C@H]3C[C@H]3C2)[C@H](C)C1. The summed E-state index contributed by atoms with van der Waals surface area (Å²) in [5, 5.41) is 15.1. The predicted molar refractivity (Wildman–Crippen MR) is 211 cm³/mol. The Morgan fingerprint density at radius 1 is 1.03 bits per heavy atom. The highest BCUT2D eigenvalue weighted by molar-refractivity contribution is 7.91. The zero-order valence-corrected chi connectivity index (χ0v) is 34.0. The minimum atomic E-state index is -4.02. The second kappa shape index (κ2) is 14.3. The summed E-state index contributed by atoms with van der Waals surface area (Å²) in [6.45, 7) is 6.39. The molecule has 0 radical (unpaired) electrons. The molecule has 4 aliphatic carbocycles. The van der Waals surface area contributed by atoms with Crippen molar-refractivity contribution in [3.63, 3.8) is 0 Å². The maximum Gasteiger partial charge on any atom is 0.408 e. The lowest BCUT2D eigenvalue weighted by Crippen LogP contribution is -2.61. The molecule has 9 rings (SSSR count). The Morgan fingerprint density at radius 2 is 1.79 bits per heavy atom. The zero-order chi connectivity index (χ0) is 40.7. The summed E-state index contributed by atoms with van der Waals surface area (Å²) in [5.74, 6) is -0.253. The van der Waals surface area contributed by atoms with Gasteiger partial charge in [0.05, 0.1) is 11.3 Å². The first-order chi connectivity index (χ1) is 27.7. The van der Waals surface area contributed by atoms with Crippen LogP contribution in [-0.4, -0.2) is 106 Å². The fourth-order valence-corrected chi connectivity index (χ4v) is 11.5. The molecular formula is C42H53N5O10S. The van der Waals surface area contributed by atoms with Crippen LogP contribution >= 0.6 is 0 Å². The van der Waals surface area contributed by atoms with E-state index in [0.29, 0.717) is 80.5 Å². The van der Waals surface area contributed by atoms with Crippen molar-refractivity contribution in [1.82, 2.24) is 24.8 Å². The Morgan fingerprint density at radius 3 is 2.53 bits per heavy atom. The minimum absolute atomic E-state index is 0.0208. The average Bonchev–Trinajstić information content (AvgIpc) is 4.14. The summed E-state index contributed by atoms with van der Waals surface area (Å²) in [5.41, 5.74) is -1.55. The van der Waals surface area contributed by atoms with Crippen LogP contribution in [0.2, 0.25) is 0 Å². The number of fused-ring (bicyclic) bond motifs is 6. The molecule has 3 N–H and O–H groups in total. The number of nitrogens with zero attached hydrogens (tertiary/aromatic N) is 3. The van der Waals surface area contributed by atoms with Crippen LogP contribution in [0.3, 0.4) is 0 Å². The molecule has 0 unspecified atom stereocenters. The standard InChI is InChI=1S/C42H53N5O10S/c1-23-6-4-5-7-27-21-42(27,39(50)45-58(53,54)41(3)11-12-41)44-36(48)32-20-29(57-37-31-8-9-33-35(56-15-14-55-33)30(31)10-13-43-37)22-46(32)38(49)34(24(2)16-23)47(40(51)52)28-18-25-17-26(25)19-28/h5,7-10,13,23-29,32,34H,4,6,11-12,14-22H2,1-3H3,(H,44,48)(H,45,50)(H,51,52)/b7-5-/t23-,24+,25-,26+,27+,28-,29+,32-,34-,42+/m0/s1. The number of carbonyl (C=O) groups excluding carboxylic acids is 3. The van der Waals surface area contributed by atoms with E-state index >= 15 is 4.79 Å². The van der Waals surface area contributed by atoms with Gasteiger partial charge in [0.1, 0.15) is 36.9 Å². The Hall–Kier alpha value is -4.60. The minimum Gasteiger partial charge on any atom is -0.486 e. The van der Waals surface area contributed by atoms with E-state index in [1.54, 1.807) is 25.3 Å². The van der Waals surface area contributed by atoms with Gasteiger partial charge in [0, 0.05) is 35.3 Å². The molecule has 5 fully saturated rings. The maximum atomic E-state index is 15.3. The van der Waals surface area contributed by atoms with E-state index in [0.717, 1.165) is 18.2 Å². The van der Waals surface area contributed by atoms with Gasteiger partial charge in [0.2, 0.25) is 27.7 Å². The van der Waals surface area contributed by atoms with Crippen molar-refractivity contribution in [2.24, 2.45) is 29.6 Å². The number of nitrogens with one attached hydrogen (secondary N) is 2. The van der Waals surface area contributed by atoms with E-state index in [2.05, 4.69) is 21.9 Å². The number of aromatic nitrogens is 1. The van der Waals surface area contributed by atoms with E-state index in [4.69, 9.17) is 14.2 Å². The van der Waals surface area contributed by atoms with E-state index < -0.39 is 68.2 Å². The van der Waals surface area contributed by atoms with Gasteiger partial charge in [0.25, 0.3) is 5.91 Å². The Labute approximate surface area is 338 Å². The van der Waals surface area contributed by atoms with Crippen molar-refractivity contribution in [3.05, 3.63) is 36.5 Å². The molecular weight excluding hydrogens is 767 g/mol. The number of pyridine rings is 1. The molecule has 15 nitrogen and oxygen atoms in total. The van der Waals surface area contributed by atoms with Crippen LogP contribution in [-0.2, 0) is 24.4 Å². The van der Waals surface area contributed by atoms with Crippen LogP contribution in [0.5, 0.6) is 17.4 Å². The third-order valence-electron chi connectivity index (χ3n) is 14.0. The lowest BCUT2D eigenvalue weighted by molar-refractivity contribution is -0.145. The average molecular weight is 820 g/mol. The van der Waals surface area contributed by atoms with E-state index in [-0.39, 0.29) is 43.1 Å². The molecule has 4 saturated carbocycles. The van der Waals surface area contributed by atoms with Crippen molar-refractivity contribution in [2.45, 2.75) is 119 Å². The highest BCUT2D eigenvalue weighted by atomic mass is 32.2. The Balaban J connectivity index is 1.07. The van der Waals surface area contributed by atoms with Crippen molar-refractivity contribution >= 4 is 44.6 Å². The van der Waals surface area contributed by atoms with Gasteiger partial charge in [-0.25, -0.2) is 18.2 Å². The number of benzene rings is 1.